The van der Waals surface area contributed by atoms with E-state index in [1.807, 2.05) is 45.5 Å². The van der Waals surface area contributed by atoms with E-state index in [0.717, 1.165) is 41.4 Å². The van der Waals surface area contributed by atoms with Crippen molar-refractivity contribution in [3.05, 3.63) is 70.9 Å². The minimum absolute atomic E-state index is 0.0370. The van der Waals surface area contributed by atoms with Gasteiger partial charge in [0.25, 0.3) is 5.91 Å². The lowest BCUT2D eigenvalue weighted by Gasteiger charge is -2.28. The zero-order valence-electron chi connectivity index (χ0n) is 18.9. The number of carbonyl (C=O) groups excluding carboxylic acids is 1. The van der Waals surface area contributed by atoms with E-state index in [1.54, 1.807) is 6.33 Å². The number of hydrogen-bond donors (Lipinski definition) is 0. The maximum Gasteiger partial charge on any atom is 0.254 e. The number of fused-ring (bicyclic) bond motifs is 1. The predicted molar refractivity (Wildman–Crippen MR) is 122 cm³/mol. The first-order chi connectivity index (χ1) is 15.5. The second kappa shape index (κ2) is 7.78. The summed E-state index contributed by atoms with van der Waals surface area (Å²) in [5.74, 6) is 0.787. The van der Waals surface area contributed by atoms with Crippen molar-refractivity contribution in [2.24, 2.45) is 7.05 Å². The van der Waals surface area contributed by atoms with Gasteiger partial charge in [0, 0.05) is 60.5 Å². The van der Waals surface area contributed by atoms with E-state index in [-0.39, 0.29) is 5.91 Å². The number of rotatable bonds is 4. The van der Waals surface area contributed by atoms with Crippen LogP contribution in [0.2, 0.25) is 0 Å². The van der Waals surface area contributed by atoms with Gasteiger partial charge in [0.05, 0.1) is 6.54 Å². The SMILES string of the molecule is CCn1cnnc1-c1nn(C)c2c1CN(C(=O)c1ccc(-n3c(C)ccc3C)cc1)CC2. The molecule has 0 radical (unpaired) electrons. The molecule has 0 bridgehead atoms. The maximum absolute atomic E-state index is 13.3. The molecule has 0 aliphatic carbocycles. The van der Waals surface area contributed by atoms with Gasteiger partial charge in [-0.05, 0) is 57.2 Å². The third kappa shape index (κ3) is 3.23. The van der Waals surface area contributed by atoms with Crippen LogP contribution >= 0.6 is 0 Å². The molecule has 1 amide bonds. The van der Waals surface area contributed by atoms with E-state index >= 15 is 0 Å². The molecule has 0 saturated heterocycles. The van der Waals surface area contributed by atoms with Crippen molar-refractivity contribution in [1.29, 1.82) is 0 Å². The van der Waals surface area contributed by atoms with Crippen LogP contribution in [0.25, 0.3) is 17.2 Å². The molecule has 0 N–H and O–H groups in total. The number of aromatic nitrogens is 6. The van der Waals surface area contributed by atoms with Crippen molar-refractivity contribution >= 4 is 5.91 Å². The van der Waals surface area contributed by atoms with Crippen LogP contribution in [0.1, 0.15) is 39.9 Å². The van der Waals surface area contributed by atoms with Gasteiger partial charge in [0.2, 0.25) is 0 Å². The molecule has 0 unspecified atom stereocenters. The van der Waals surface area contributed by atoms with Crippen molar-refractivity contribution in [3.63, 3.8) is 0 Å². The molecule has 0 spiro atoms. The first kappa shape index (κ1) is 20.2. The molecule has 0 atom stereocenters. The molecule has 0 fully saturated rings. The summed E-state index contributed by atoms with van der Waals surface area (Å²) in [6, 6.07) is 12.1. The topological polar surface area (TPSA) is 73.8 Å². The lowest BCUT2D eigenvalue weighted by molar-refractivity contribution is 0.0733. The maximum atomic E-state index is 13.3. The smallest absolute Gasteiger partial charge is 0.254 e. The zero-order valence-corrected chi connectivity index (χ0v) is 18.9. The minimum atomic E-state index is 0.0370. The average Bonchev–Trinajstić information content (AvgIpc) is 3.50. The summed E-state index contributed by atoms with van der Waals surface area (Å²) in [6.07, 6.45) is 2.49. The van der Waals surface area contributed by atoms with E-state index < -0.39 is 0 Å². The van der Waals surface area contributed by atoms with E-state index in [9.17, 15) is 4.79 Å². The lowest BCUT2D eigenvalue weighted by atomic mass is 10.0. The second-order valence-corrected chi connectivity index (χ2v) is 8.31. The molecule has 1 aromatic carbocycles. The van der Waals surface area contributed by atoms with Crippen LogP contribution in [-0.4, -0.2) is 46.5 Å². The second-order valence-electron chi connectivity index (χ2n) is 8.31. The Balaban J connectivity index is 1.42. The number of carbonyl (C=O) groups is 1. The monoisotopic (exact) mass is 429 g/mol. The highest BCUT2D eigenvalue weighted by Crippen LogP contribution is 2.29. The summed E-state index contributed by atoms with van der Waals surface area (Å²) in [5.41, 5.74) is 7.14. The van der Waals surface area contributed by atoms with Gasteiger partial charge in [-0.1, -0.05) is 0 Å². The highest BCUT2D eigenvalue weighted by atomic mass is 16.2. The van der Waals surface area contributed by atoms with Gasteiger partial charge in [-0.25, -0.2) is 0 Å². The van der Waals surface area contributed by atoms with Crippen molar-refractivity contribution in [2.45, 2.75) is 40.3 Å². The number of benzene rings is 1. The van der Waals surface area contributed by atoms with Crippen LogP contribution in [-0.2, 0) is 26.6 Å². The van der Waals surface area contributed by atoms with E-state index in [1.165, 1.54) is 11.4 Å². The van der Waals surface area contributed by atoms with Gasteiger partial charge in [-0.15, -0.1) is 10.2 Å². The molecule has 8 nitrogen and oxygen atoms in total. The number of aryl methyl sites for hydroxylation is 4. The van der Waals surface area contributed by atoms with Crippen LogP contribution in [0.15, 0.2) is 42.7 Å². The Bertz CT molecular complexity index is 1270. The van der Waals surface area contributed by atoms with Crippen LogP contribution in [0.3, 0.4) is 0 Å². The molecule has 8 heteroatoms. The first-order valence-electron chi connectivity index (χ1n) is 11.0. The van der Waals surface area contributed by atoms with E-state index in [4.69, 9.17) is 5.10 Å². The van der Waals surface area contributed by atoms with Gasteiger partial charge in [-0.2, -0.15) is 5.10 Å². The van der Waals surface area contributed by atoms with Gasteiger partial charge in [0.15, 0.2) is 5.82 Å². The summed E-state index contributed by atoms with van der Waals surface area (Å²) in [5, 5.41) is 13.1. The van der Waals surface area contributed by atoms with Crippen LogP contribution in [0, 0.1) is 13.8 Å². The molecule has 3 aromatic heterocycles. The highest BCUT2D eigenvalue weighted by Gasteiger charge is 2.29. The summed E-state index contributed by atoms with van der Waals surface area (Å²) < 4.78 is 6.08. The molecule has 0 saturated carbocycles. The Kier molecular flexibility index (Phi) is 4.92. The lowest BCUT2D eigenvalue weighted by Crippen LogP contribution is -2.36. The zero-order chi connectivity index (χ0) is 22.4. The Morgan fingerprint density at radius 1 is 1.06 bits per heavy atom. The molecule has 1 aliphatic heterocycles. The third-order valence-electron chi connectivity index (χ3n) is 6.34. The van der Waals surface area contributed by atoms with Crippen molar-refractivity contribution in [1.82, 2.24) is 34.0 Å². The fourth-order valence-corrected chi connectivity index (χ4v) is 4.63. The number of nitrogens with zero attached hydrogens (tertiary/aromatic N) is 7. The highest BCUT2D eigenvalue weighted by molar-refractivity contribution is 5.94. The minimum Gasteiger partial charge on any atom is -0.334 e. The Labute approximate surface area is 187 Å². The largest absolute Gasteiger partial charge is 0.334 e. The Morgan fingerprint density at radius 2 is 1.78 bits per heavy atom. The first-order valence-corrected chi connectivity index (χ1v) is 11.0. The number of hydrogen-bond acceptors (Lipinski definition) is 4. The van der Waals surface area contributed by atoms with Gasteiger partial charge >= 0.3 is 0 Å². The fraction of sp³-hybridized carbons (Fsp3) is 0.333. The van der Waals surface area contributed by atoms with E-state index in [0.29, 0.717) is 18.7 Å². The van der Waals surface area contributed by atoms with Crippen LogP contribution in [0.5, 0.6) is 0 Å². The molecule has 164 valence electrons. The van der Waals surface area contributed by atoms with Crippen molar-refractivity contribution < 1.29 is 4.79 Å². The number of amides is 1. The van der Waals surface area contributed by atoms with Crippen LogP contribution < -0.4 is 0 Å². The quantitative estimate of drug-likeness (QED) is 0.499. The molecule has 1 aliphatic rings. The molecular weight excluding hydrogens is 402 g/mol. The molecule has 5 rings (SSSR count). The van der Waals surface area contributed by atoms with Crippen molar-refractivity contribution in [2.75, 3.05) is 6.54 Å². The van der Waals surface area contributed by atoms with Gasteiger partial charge < -0.3 is 14.0 Å². The Hall–Kier alpha value is -3.68. The van der Waals surface area contributed by atoms with Crippen molar-refractivity contribution in [3.8, 4) is 17.2 Å². The Morgan fingerprint density at radius 3 is 2.47 bits per heavy atom. The predicted octanol–water partition coefficient (Wildman–Crippen LogP) is 3.30. The summed E-state index contributed by atoms with van der Waals surface area (Å²) in [4.78, 5) is 15.2. The van der Waals surface area contributed by atoms with Gasteiger partial charge in [0.1, 0.15) is 12.0 Å². The van der Waals surface area contributed by atoms with Crippen LogP contribution in [0.4, 0.5) is 0 Å². The molecule has 4 heterocycles. The fourth-order valence-electron chi connectivity index (χ4n) is 4.63. The molecular formula is C24H27N7O. The molecule has 32 heavy (non-hydrogen) atoms. The molecule has 4 aromatic rings. The average molecular weight is 430 g/mol. The summed E-state index contributed by atoms with van der Waals surface area (Å²) in [7, 11) is 1.95. The van der Waals surface area contributed by atoms with E-state index in [2.05, 4.69) is 47.7 Å². The summed E-state index contributed by atoms with van der Waals surface area (Å²) >= 11 is 0. The standard InChI is InChI=1S/C24H27N7O/c1-5-29-15-25-26-23(29)22-20-14-30(13-12-21(20)28(4)27-22)24(32)18-8-10-19(11-9-18)31-16(2)6-7-17(31)3/h6-11,15H,5,12-14H2,1-4H3. The van der Waals surface area contributed by atoms with Gasteiger partial charge in [-0.3, -0.25) is 9.48 Å². The normalized spacial score (nSPS) is 13.4. The third-order valence-corrected chi connectivity index (χ3v) is 6.34. The summed E-state index contributed by atoms with van der Waals surface area (Å²) in [6.45, 7) is 8.18.